The molecule has 3 rings (SSSR count). The van der Waals surface area contributed by atoms with Crippen molar-refractivity contribution in [3.05, 3.63) is 29.5 Å². The number of ether oxygens (including phenoxy) is 1. The normalized spacial score (nSPS) is 20.7. The summed E-state index contributed by atoms with van der Waals surface area (Å²) in [4.78, 5) is 18.8. The first-order chi connectivity index (χ1) is 10.0. The smallest absolute Gasteiger partial charge is 0.293 e. The number of quaternary nitrogens is 1. The molecule has 1 amide bonds. The third-order valence-corrected chi connectivity index (χ3v) is 4.09. The Morgan fingerprint density at radius 1 is 1.38 bits per heavy atom. The summed E-state index contributed by atoms with van der Waals surface area (Å²) in [6, 6.07) is 5.96. The van der Waals surface area contributed by atoms with Crippen molar-refractivity contribution in [1.29, 1.82) is 0 Å². The number of rotatable bonds is 3. The summed E-state index contributed by atoms with van der Waals surface area (Å²) in [5.74, 6) is 0.720. The fourth-order valence-electron chi connectivity index (χ4n) is 3.20. The van der Waals surface area contributed by atoms with Gasteiger partial charge in [-0.1, -0.05) is 13.8 Å². The van der Waals surface area contributed by atoms with Crippen molar-refractivity contribution in [3.8, 4) is 0 Å². The molecular weight excluding hydrogens is 266 g/mol. The third-order valence-electron chi connectivity index (χ3n) is 4.09. The highest BCUT2D eigenvalue weighted by Gasteiger charge is 2.41. The fraction of sp³-hybridized carbons (Fsp3) is 0.375. The lowest BCUT2D eigenvalue weighted by molar-refractivity contribution is -0.427. The van der Waals surface area contributed by atoms with Crippen LogP contribution in [0.4, 0.5) is 17.1 Å². The molecule has 0 aromatic heterocycles. The molecule has 1 atom stereocenters. The molecule has 2 aliphatic heterocycles. The minimum atomic E-state index is -0.0624. The monoisotopic (exact) mass is 286 g/mol. The van der Waals surface area contributed by atoms with Gasteiger partial charge in [-0.3, -0.25) is 15.0 Å². The first-order valence-electron chi connectivity index (χ1n) is 7.14. The largest absolute Gasteiger partial charge is 0.491 e. The summed E-state index contributed by atoms with van der Waals surface area (Å²) in [5.41, 5.74) is 3.89. The van der Waals surface area contributed by atoms with Crippen LogP contribution in [0.25, 0.3) is 0 Å². The molecule has 5 heteroatoms. The number of nitrogens with two attached hydrogens (primary N) is 1. The molecule has 21 heavy (non-hydrogen) atoms. The van der Waals surface area contributed by atoms with Crippen LogP contribution in [0.15, 0.2) is 34.5 Å². The van der Waals surface area contributed by atoms with Crippen molar-refractivity contribution < 1.29 is 14.8 Å². The van der Waals surface area contributed by atoms with Gasteiger partial charge < -0.3 is 4.74 Å². The van der Waals surface area contributed by atoms with Crippen LogP contribution in [0, 0.1) is 5.92 Å². The number of aliphatic imine (C=N–C) groups is 1. The molecule has 1 aromatic carbocycles. The van der Waals surface area contributed by atoms with Crippen molar-refractivity contribution in [2.24, 2.45) is 10.9 Å². The van der Waals surface area contributed by atoms with E-state index in [4.69, 9.17) is 4.74 Å². The number of carbonyl (C=O) groups excluding carboxylic acids is 1. The maximum absolute atomic E-state index is 12.7. The molecule has 0 saturated heterocycles. The molecule has 1 unspecified atom stereocenters. The second kappa shape index (κ2) is 5.00. The lowest BCUT2D eigenvalue weighted by Gasteiger charge is -2.29. The van der Waals surface area contributed by atoms with E-state index in [9.17, 15) is 4.79 Å². The van der Waals surface area contributed by atoms with Gasteiger partial charge in [-0.15, -0.1) is 0 Å². The van der Waals surface area contributed by atoms with Crippen LogP contribution in [-0.2, 0) is 9.53 Å². The predicted octanol–water partition coefficient (Wildman–Crippen LogP) is 1.85. The van der Waals surface area contributed by atoms with E-state index in [0.29, 0.717) is 11.7 Å². The van der Waals surface area contributed by atoms with Crippen molar-refractivity contribution >= 4 is 29.3 Å². The fourth-order valence-corrected chi connectivity index (χ4v) is 3.20. The number of anilines is 1. The number of carbonyl (C=O) groups is 1. The van der Waals surface area contributed by atoms with Gasteiger partial charge in [-0.05, 0) is 30.5 Å². The molecule has 2 heterocycles. The van der Waals surface area contributed by atoms with Crippen molar-refractivity contribution in [2.45, 2.75) is 26.8 Å². The van der Waals surface area contributed by atoms with Crippen molar-refractivity contribution in [2.75, 3.05) is 12.0 Å². The molecule has 1 aromatic rings. The number of nitrogens with zero attached hydrogens (tertiary/aromatic N) is 2. The van der Waals surface area contributed by atoms with Gasteiger partial charge in [-0.2, -0.15) is 4.99 Å². The highest BCUT2D eigenvalue weighted by atomic mass is 16.5. The van der Waals surface area contributed by atoms with Gasteiger partial charge in [0, 0.05) is 6.07 Å². The van der Waals surface area contributed by atoms with Gasteiger partial charge in [0.2, 0.25) is 0 Å². The number of methoxy groups -OCH3 is 1. The average Bonchev–Trinajstić information content (AvgIpc) is 3.00. The van der Waals surface area contributed by atoms with Crippen LogP contribution < -0.4 is 10.2 Å². The summed E-state index contributed by atoms with van der Waals surface area (Å²) in [5, 5.41) is 1.96. The van der Waals surface area contributed by atoms with Crippen LogP contribution in [0.3, 0.4) is 0 Å². The maximum Gasteiger partial charge on any atom is 0.293 e. The van der Waals surface area contributed by atoms with Crippen LogP contribution in [0.5, 0.6) is 0 Å². The standard InChI is InChI=1S/C16H19N3O2/c1-9(2)14-10(3)15(21-4)16(20)19(14)11-5-6-12-13(7-11)18-8-17-12/h5-9,14H,1-4H3,(H,17,18)/p+1. The van der Waals surface area contributed by atoms with Crippen LogP contribution in [0.1, 0.15) is 20.8 Å². The molecule has 0 fully saturated rings. The number of fused-ring (bicyclic) bond motifs is 1. The van der Waals surface area contributed by atoms with Gasteiger partial charge in [0.1, 0.15) is 5.69 Å². The number of hydrogen-bond acceptors (Lipinski definition) is 3. The van der Waals surface area contributed by atoms with Crippen LogP contribution >= 0.6 is 0 Å². The average molecular weight is 286 g/mol. The zero-order valence-electron chi connectivity index (χ0n) is 12.8. The number of hydrogen-bond donors (Lipinski definition) is 1. The molecule has 0 aliphatic carbocycles. The second-order valence-corrected chi connectivity index (χ2v) is 5.77. The summed E-state index contributed by atoms with van der Waals surface area (Å²) in [6.45, 7) is 6.22. The highest BCUT2D eigenvalue weighted by Crippen LogP contribution is 2.37. The summed E-state index contributed by atoms with van der Waals surface area (Å²) in [7, 11) is 1.56. The molecule has 0 spiro atoms. The molecule has 2 N–H and O–H groups in total. The predicted molar refractivity (Wildman–Crippen MR) is 82.0 cm³/mol. The minimum absolute atomic E-state index is 0.0350. The molecule has 0 radical (unpaired) electrons. The van der Waals surface area contributed by atoms with E-state index in [1.54, 1.807) is 13.4 Å². The first-order valence-corrected chi connectivity index (χ1v) is 7.14. The number of benzene rings is 1. The zero-order valence-corrected chi connectivity index (χ0v) is 12.8. The van der Waals surface area contributed by atoms with E-state index in [1.165, 1.54) is 0 Å². The quantitative estimate of drug-likeness (QED) is 0.862. The first kappa shape index (κ1) is 13.8. The van der Waals surface area contributed by atoms with Crippen LogP contribution in [-0.4, -0.2) is 25.4 Å². The minimum Gasteiger partial charge on any atom is -0.491 e. The summed E-state index contributed by atoms with van der Waals surface area (Å²) >= 11 is 0. The second-order valence-electron chi connectivity index (χ2n) is 5.77. The Hall–Kier alpha value is -2.14. The van der Waals surface area contributed by atoms with E-state index in [2.05, 4.69) is 18.8 Å². The van der Waals surface area contributed by atoms with E-state index >= 15 is 0 Å². The number of amides is 1. The van der Waals surface area contributed by atoms with E-state index in [-0.39, 0.29) is 11.9 Å². The lowest BCUT2D eigenvalue weighted by Crippen LogP contribution is -2.74. The highest BCUT2D eigenvalue weighted by molar-refractivity contribution is 6.09. The Morgan fingerprint density at radius 2 is 2.14 bits per heavy atom. The maximum atomic E-state index is 12.7. The Morgan fingerprint density at radius 3 is 2.81 bits per heavy atom. The topological polar surface area (TPSA) is 58.5 Å². The molecule has 0 saturated carbocycles. The van der Waals surface area contributed by atoms with Gasteiger partial charge in [0.25, 0.3) is 5.91 Å². The molecule has 110 valence electrons. The Balaban J connectivity index is 2.03. The Bertz CT molecular complexity index is 661. The summed E-state index contributed by atoms with van der Waals surface area (Å²) < 4.78 is 5.32. The van der Waals surface area contributed by atoms with Crippen molar-refractivity contribution in [3.63, 3.8) is 0 Å². The SMILES string of the molecule is COC1=C(C)C(C(C)C)N(c2ccc3c(c2)[NH2+]C=N3)C1=O. The molecule has 5 nitrogen and oxygen atoms in total. The van der Waals surface area contributed by atoms with E-state index < -0.39 is 0 Å². The zero-order chi connectivity index (χ0) is 15.1. The van der Waals surface area contributed by atoms with Crippen LogP contribution in [0.2, 0.25) is 0 Å². The molecule has 0 bridgehead atoms. The third kappa shape index (κ3) is 2.05. The van der Waals surface area contributed by atoms with Crippen molar-refractivity contribution in [1.82, 2.24) is 0 Å². The van der Waals surface area contributed by atoms with E-state index in [0.717, 1.165) is 22.6 Å². The van der Waals surface area contributed by atoms with Gasteiger partial charge >= 0.3 is 0 Å². The summed E-state index contributed by atoms with van der Waals surface area (Å²) in [6.07, 6.45) is 1.78. The lowest BCUT2D eigenvalue weighted by atomic mass is 9.97. The molecule has 2 aliphatic rings. The Kier molecular flexibility index (Phi) is 3.29. The van der Waals surface area contributed by atoms with Gasteiger partial charge in [0.15, 0.2) is 17.8 Å². The van der Waals surface area contributed by atoms with Gasteiger partial charge in [0.05, 0.1) is 18.8 Å². The van der Waals surface area contributed by atoms with Gasteiger partial charge in [-0.25, -0.2) is 0 Å². The Labute approximate surface area is 124 Å². The molecular formula is C16H20N3O2+. The van der Waals surface area contributed by atoms with E-state index in [1.807, 2.05) is 35.3 Å².